The van der Waals surface area contributed by atoms with E-state index in [2.05, 4.69) is 46.6 Å². The summed E-state index contributed by atoms with van der Waals surface area (Å²) in [7, 11) is 2.21. The molecule has 17 heavy (non-hydrogen) atoms. The van der Waals surface area contributed by atoms with Gasteiger partial charge in [-0.25, -0.2) is 4.98 Å². The Morgan fingerprint density at radius 1 is 1.29 bits per heavy atom. The van der Waals surface area contributed by atoms with Crippen molar-refractivity contribution in [3.63, 3.8) is 0 Å². The van der Waals surface area contributed by atoms with Gasteiger partial charge in [0.25, 0.3) is 0 Å². The van der Waals surface area contributed by atoms with E-state index in [0.29, 0.717) is 6.04 Å². The first-order valence-corrected chi connectivity index (χ1v) is 6.39. The number of hydrogen-bond acceptors (Lipinski definition) is 2. The van der Waals surface area contributed by atoms with Gasteiger partial charge in [0, 0.05) is 6.20 Å². The largest absolute Gasteiger partial charge is 0.302 e. The predicted octanol–water partition coefficient (Wildman–Crippen LogP) is 2.80. The molecule has 3 heteroatoms. The van der Waals surface area contributed by atoms with E-state index in [0.717, 1.165) is 0 Å². The van der Waals surface area contributed by atoms with Crippen LogP contribution in [0.25, 0.3) is 5.52 Å². The number of likely N-dealkylation sites (tertiary alicyclic amines) is 1. The van der Waals surface area contributed by atoms with Crippen molar-refractivity contribution < 1.29 is 0 Å². The summed E-state index contributed by atoms with van der Waals surface area (Å²) in [5, 5.41) is 0. The van der Waals surface area contributed by atoms with Gasteiger partial charge in [-0.1, -0.05) is 12.5 Å². The highest BCUT2D eigenvalue weighted by molar-refractivity contribution is 5.47. The number of piperidine rings is 1. The number of rotatable bonds is 1. The molecular weight excluding hydrogens is 210 g/mol. The van der Waals surface area contributed by atoms with Gasteiger partial charge in [0.15, 0.2) is 0 Å². The van der Waals surface area contributed by atoms with Gasteiger partial charge in [0.1, 0.15) is 5.82 Å². The Bertz CT molecular complexity index is 529. The third-order valence-electron chi connectivity index (χ3n) is 3.77. The van der Waals surface area contributed by atoms with E-state index >= 15 is 0 Å². The monoisotopic (exact) mass is 229 g/mol. The summed E-state index contributed by atoms with van der Waals surface area (Å²) in [6.45, 7) is 3.32. The standard InChI is InChI=1S/C14H19N3/c1-11-6-7-12-9-15-14(17(12)10-11)13-5-3-4-8-16(13)2/h6-7,9-10,13H,3-5,8H2,1-2H3. The molecular formula is C14H19N3. The number of hydrogen-bond donors (Lipinski definition) is 0. The van der Waals surface area contributed by atoms with E-state index in [9.17, 15) is 0 Å². The smallest absolute Gasteiger partial charge is 0.130 e. The van der Waals surface area contributed by atoms with Crippen LogP contribution in [0.3, 0.4) is 0 Å². The van der Waals surface area contributed by atoms with Crippen LogP contribution < -0.4 is 0 Å². The molecule has 0 amide bonds. The summed E-state index contributed by atoms with van der Waals surface area (Å²) in [6, 6.07) is 4.77. The summed E-state index contributed by atoms with van der Waals surface area (Å²) in [6.07, 6.45) is 8.03. The van der Waals surface area contributed by atoms with Crippen molar-refractivity contribution in [1.29, 1.82) is 0 Å². The summed E-state index contributed by atoms with van der Waals surface area (Å²) in [5.41, 5.74) is 2.49. The first-order chi connectivity index (χ1) is 8.25. The molecule has 0 aliphatic carbocycles. The molecule has 0 radical (unpaired) electrons. The molecule has 1 aliphatic rings. The molecule has 0 bridgehead atoms. The van der Waals surface area contributed by atoms with Crippen molar-refractivity contribution >= 4 is 5.52 Å². The quantitative estimate of drug-likeness (QED) is 0.749. The number of aryl methyl sites for hydroxylation is 1. The second-order valence-corrected chi connectivity index (χ2v) is 5.11. The number of fused-ring (bicyclic) bond motifs is 1. The molecule has 1 unspecified atom stereocenters. The zero-order chi connectivity index (χ0) is 11.8. The van der Waals surface area contributed by atoms with E-state index in [1.54, 1.807) is 0 Å². The summed E-state index contributed by atoms with van der Waals surface area (Å²) in [5.74, 6) is 1.20. The van der Waals surface area contributed by atoms with Crippen molar-refractivity contribution in [2.24, 2.45) is 0 Å². The lowest BCUT2D eigenvalue weighted by atomic mass is 10.0. The summed E-state index contributed by atoms with van der Waals surface area (Å²) >= 11 is 0. The molecule has 0 N–H and O–H groups in total. The van der Waals surface area contributed by atoms with E-state index in [1.165, 1.54) is 42.7 Å². The first-order valence-electron chi connectivity index (χ1n) is 6.39. The number of imidazole rings is 1. The molecule has 1 atom stereocenters. The predicted molar refractivity (Wildman–Crippen MR) is 69.2 cm³/mol. The molecule has 1 saturated heterocycles. The maximum absolute atomic E-state index is 4.63. The average Bonchev–Trinajstić information content (AvgIpc) is 2.72. The van der Waals surface area contributed by atoms with Gasteiger partial charge in [-0.15, -0.1) is 0 Å². The Balaban J connectivity index is 2.07. The molecule has 2 aromatic rings. The zero-order valence-corrected chi connectivity index (χ0v) is 10.6. The topological polar surface area (TPSA) is 20.5 Å². The fourth-order valence-corrected chi connectivity index (χ4v) is 2.76. The van der Waals surface area contributed by atoms with Crippen molar-refractivity contribution in [3.8, 4) is 0 Å². The van der Waals surface area contributed by atoms with Gasteiger partial charge in [-0.3, -0.25) is 4.90 Å². The van der Waals surface area contributed by atoms with Crippen LogP contribution in [0.15, 0.2) is 24.5 Å². The highest BCUT2D eigenvalue weighted by atomic mass is 15.2. The van der Waals surface area contributed by atoms with Crippen LogP contribution in [0, 0.1) is 6.92 Å². The Morgan fingerprint density at radius 3 is 3.00 bits per heavy atom. The normalized spacial score (nSPS) is 22.1. The third-order valence-corrected chi connectivity index (χ3v) is 3.77. The van der Waals surface area contributed by atoms with Gasteiger partial charge in [0.2, 0.25) is 0 Å². The second kappa shape index (κ2) is 4.15. The molecule has 0 aromatic carbocycles. The van der Waals surface area contributed by atoms with Gasteiger partial charge in [-0.2, -0.15) is 0 Å². The molecule has 2 aromatic heterocycles. The maximum atomic E-state index is 4.63. The van der Waals surface area contributed by atoms with Crippen molar-refractivity contribution in [1.82, 2.24) is 14.3 Å². The fourth-order valence-electron chi connectivity index (χ4n) is 2.76. The van der Waals surface area contributed by atoms with E-state index in [-0.39, 0.29) is 0 Å². The highest BCUT2D eigenvalue weighted by Gasteiger charge is 2.24. The minimum atomic E-state index is 0.480. The Hall–Kier alpha value is -1.35. The lowest BCUT2D eigenvalue weighted by molar-refractivity contribution is 0.179. The van der Waals surface area contributed by atoms with Crippen LogP contribution in [0.1, 0.15) is 36.7 Å². The lowest BCUT2D eigenvalue weighted by Gasteiger charge is -2.31. The van der Waals surface area contributed by atoms with Crippen molar-refractivity contribution in [3.05, 3.63) is 35.9 Å². The maximum Gasteiger partial charge on any atom is 0.130 e. The molecule has 1 fully saturated rings. The second-order valence-electron chi connectivity index (χ2n) is 5.11. The molecule has 3 heterocycles. The van der Waals surface area contributed by atoms with Crippen LogP contribution >= 0.6 is 0 Å². The fraction of sp³-hybridized carbons (Fsp3) is 0.500. The van der Waals surface area contributed by atoms with E-state index in [4.69, 9.17) is 0 Å². The minimum Gasteiger partial charge on any atom is -0.302 e. The third kappa shape index (κ3) is 1.84. The Kier molecular flexibility index (Phi) is 2.63. The zero-order valence-electron chi connectivity index (χ0n) is 10.6. The molecule has 3 nitrogen and oxygen atoms in total. The van der Waals surface area contributed by atoms with Crippen molar-refractivity contribution in [2.75, 3.05) is 13.6 Å². The van der Waals surface area contributed by atoms with E-state index in [1.807, 2.05) is 6.20 Å². The molecule has 1 aliphatic heterocycles. The summed E-state index contributed by atoms with van der Waals surface area (Å²) < 4.78 is 2.25. The average molecular weight is 229 g/mol. The van der Waals surface area contributed by atoms with Gasteiger partial charge >= 0.3 is 0 Å². The number of pyridine rings is 1. The Morgan fingerprint density at radius 2 is 2.18 bits per heavy atom. The van der Waals surface area contributed by atoms with Crippen LogP contribution in [0.2, 0.25) is 0 Å². The van der Waals surface area contributed by atoms with Gasteiger partial charge < -0.3 is 4.40 Å². The van der Waals surface area contributed by atoms with E-state index < -0.39 is 0 Å². The van der Waals surface area contributed by atoms with Crippen LogP contribution in [-0.4, -0.2) is 27.9 Å². The van der Waals surface area contributed by atoms with Gasteiger partial charge in [0.05, 0.1) is 17.8 Å². The highest BCUT2D eigenvalue weighted by Crippen LogP contribution is 2.29. The lowest BCUT2D eigenvalue weighted by Crippen LogP contribution is -2.30. The van der Waals surface area contributed by atoms with Crippen LogP contribution in [0.5, 0.6) is 0 Å². The summed E-state index contributed by atoms with van der Waals surface area (Å²) in [4.78, 5) is 7.06. The van der Waals surface area contributed by atoms with Gasteiger partial charge in [-0.05, 0) is 45.0 Å². The molecule has 3 rings (SSSR count). The molecule has 0 spiro atoms. The molecule has 0 saturated carbocycles. The van der Waals surface area contributed by atoms with Crippen LogP contribution in [0.4, 0.5) is 0 Å². The number of nitrogens with zero attached hydrogens (tertiary/aromatic N) is 3. The molecule has 90 valence electrons. The minimum absolute atomic E-state index is 0.480. The number of aromatic nitrogens is 2. The SMILES string of the molecule is Cc1ccc2cnc(C3CCCCN3C)n2c1. The first kappa shape index (κ1) is 10.8. The van der Waals surface area contributed by atoms with Crippen molar-refractivity contribution in [2.45, 2.75) is 32.2 Å². The van der Waals surface area contributed by atoms with Crippen LogP contribution in [-0.2, 0) is 0 Å². The Labute approximate surface area is 102 Å².